The molecule has 1 N–H and O–H groups in total. The molecule has 1 aromatic rings. The van der Waals surface area contributed by atoms with Gasteiger partial charge in [0, 0.05) is 25.6 Å². The molecule has 1 aromatic heterocycles. The van der Waals surface area contributed by atoms with Gasteiger partial charge >= 0.3 is 0 Å². The Balaban J connectivity index is 1.86. The lowest BCUT2D eigenvalue weighted by Crippen LogP contribution is -2.46. The van der Waals surface area contributed by atoms with E-state index in [0.717, 1.165) is 33.5 Å². The maximum Gasteiger partial charge on any atom is 0.263 e. The number of aryl methyl sites for hydroxylation is 1. The third-order valence-corrected chi connectivity index (χ3v) is 5.82. The van der Waals surface area contributed by atoms with Crippen molar-refractivity contribution in [1.82, 2.24) is 10.2 Å². The number of likely N-dealkylation sites (tertiary alicyclic amines) is 1. The van der Waals surface area contributed by atoms with Gasteiger partial charge in [-0.25, -0.2) is 0 Å². The molecule has 1 aliphatic heterocycles. The molecule has 0 aromatic carbocycles. The predicted octanol–water partition coefficient (Wildman–Crippen LogP) is 3.34. The first kappa shape index (κ1) is 16.5. The summed E-state index contributed by atoms with van der Waals surface area (Å²) >= 11 is 4.95. The van der Waals surface area contributed by atoms with Crippen LogP contribution in [0.2, 0.25) is 0 Å². The van der Waals surface area contributed by atoms with Crippen molar-refractivity contribution in [3.05, 3.63) is 20.3 Å². The number of halogens is 1. The fourth-order valence-electron chi connectivity index (χ4n) is 2.47. The molecule has 2 rings (SSSR count). The number of piperidine rings is 1. The summed E-state index contributed by atoms with van der Waals surface area (Å²) in [7, 11) is 0. The first-order valence-corrected chi connectivity index (χ1v) is 8.96. The van der Waals surface area contributed by atoms with Crippen LogP contribution in [0.1, 0.15) is 47.8 Å². The van der Waals surface area contributed by atoms with Gasteiger partial charge in [-0.2, -0.15) is 0 Å². The van der Waals surface area contributed by atoms with Crippen molar-refractivity contribution < 1.29 is 9.59 Å². The van der Waals surface area contributed by atoms with Crippen LogP contribution in [0.15, 0.2) is 9.85 Å². The van der Waals surface area contributed by atoms with E-state index in [0.29, 0.717) is 19.5 Å². The van der Waals surface area contributed by atoms with Gasteiger partial charge in [0.05, 0.1) is 8.66 Å². The van der Waals surface area contributed by atoms with Crippen LogP contribution in [0.25, 0.3) is 0 Å². The molecule has 0 bridgehead atoms. The van der Waals surface area contributed by atoms with Gasteiger partial charge in [-0.15, -0.1) is 11.3 Å². The highest BCUT2D eigenvalue weighted by atomic mass is 79.9. The van der Waals surface area contributed by atoms with Gasteiger partial charge in [-0.1, -0.05) is 6.92 Å². The first-order chi connectivity index (χ1) is 10.0. The highest BCUT2D eigenvalue weighted by Gasteiger charge is 2.25. The van der Waals surface area contributed by atoms with E-state index in [9.17, 15) is 9.59 Å². The standard InChI is InChI=1S/C15H21BrN2O2S/c1-3-4-13(19)17-11-5-7-18(8-6-11)15(20)12-9-10(2)14(16)21-12/h9,11H,3-8H2,1-2H3,(H,17,19). The molecule has 2 amide bonds. The van der Waals surface area contributed by atoms with Gasteiger partial charge < -0.3 is 10.2 Å². The Kier molecular flexibility index (Phi) is 5.81. The maximum atomic E-state index is 12.4. The molecule has 2 heterocycles. The van der Waals surface area contributed by atoms with Gasteiger partial charge in [0.25, 0.3) is 5.91 Å². The Morgan fingerprint density at radius 1 is 1.43 bits per heavy atom. The minimum atomic E-state index is 0.104. The summed E-state index contributed by atoms with van der Waals surface area (Å²) in [5.74, 6) is 0.229. The Hall–Kier alpha value is -0.880. The number of thiophene rings is 1. The topological polar surface area (TPSA) is 49.4 Å². The second kappa shape index (κ2) is 7.40. The Bertz CT molecular complexity index is 502. The Morgan fingerprint density at radius 2 is 2.10 bits per heavy atom. The fourth-order valence-corrected chi connectivity index (χ4v) is 3.98. The van der Waals surface area contributed by atoms with Crippen LogP contribution in [-0.4, -0.2) is 35.8 Å². The van der Waals surface area contributed by atoms with E-state index < -0.39 is 0 Å². The number of nitrogens with zero attached hydrogens (tertiary/aromatic N) is 1. The number of nitrogens with one attached hydrogen (secondary N) is 1. The molecule has 0 radical (unpaired) electrons. The molecule has 0 atom stereocenters. The average molecular weight is 373 g/mol. The minimum Gasteiger partial charge on any atom is -0.353 e. The zero-order valence-corrected chi connectivity index (χ0v) is 14.8. The van der Waals surface area contributed by atoms with Crippen molar-refractivity contribution in [2.45, 2.75) is 45.6 Å². The molecule has 1 saturated heterocycles. The van der Waals surface area contributed by atoms with Crippen LogP contribution in [0, 0.1) is 6.92 Å². The van der Waals surface area contributed by atoms with E-state index in [4.69, 9.17) is 0 Å². The molecule has 21 heavy (non-hydrogen) atoms. The van der Waals surface area contributed by atoms with Crippen LogP contribution in [0.3, 0.4) is 0 Å². The van der Waals surface area contributed by atoms with Crippen molar-refractivity contribution in [3.8, 4) is 0 Å². The summed E-state index contributed by atoms with van der Waals surface area (Å²) in [5, 5.41) is 3.05. The fraction of sp³-hybridized carbons (Fsp3) is 0.600. The molecule has 0 aliphatic carbocycles. The summed E-state index contributed by atoms with van der Waals surface area (Å²) in [6, 6.07) is 2.15. The van der Waals surface area contributed by atoms with Crippen LogP contribution in [-0.2, 0) is 4.79 Å². The van der Waals surface area contributed by atoms with Crippen molar-refractivity contribution in [2.75, 3.05) is 13.1 Å². The highest BCUT2D eigenvalue weighted by Crippen LogP contribution is 2.28. The third kappa shape index (κ3) is 4.30. The Labute approximate surface area is 138 Å². The third-order valence-electron chi connectivity index (χ3n) is 3.69. The summed E-state index contributed by atoms with van der Waals surface area (Å²) in [4.78, 5) is 26.7. The van der Waals surface area contributed by atoms with Crippen LogP contribution < -0.4 is 5.32 Å². The molecule has 4 nitrogen and oxygen atoms in total. The number of hydrogen-bond donors (Lipinski definition) is 1. The lowest BCUT2D eigenvalue weighted by molar-refractivity contribution is -0.122. The van der Waals surface area contributed by atoms with Gasteiger partial charge in [0.1, 0.15) is 0 Å². The van der Waals surface area contributed by atoms with Gasteiger partial charge in [0.15, 0.2) is 0 Å². The van der Waals surface area contributed by atoms with E-state index in [1.807, 2.05) is 24.8 Å². The SMILES string of the molecule is CCCC(=O)NC1CCN(C(=O)c2cc(C)c(Br)s2)CC1. The Morgan fingerprint density at radius 3 is 2.62 bits per heavy atom. The van der Waals surface area contributed by atoms with Gasteiger partial charge in [-0.05, 0) is 53.7 Å². The predicted molar refractivity (Wildman–Crippen MR) is 88.7 cm³/mol. The van der Waals surface area contributed by atoms with E-state index in [1.54, 1.807) is 0 Å². The van der Waals surface area contributed by atoms with E-state index in [-0.39, 0.29) is 17.9 Å². The molecule has 116 valence electrons. The highest BCUT2D eigenvalue weighted by molar-refractivity contribution is 9.11. The van der Waals surface area contributed by atoms with Gasteiger partial charge in [0.2, 0.25) is 5.91 Å². The zero-order chi connectivity index (χ0) is 15.4. The molecule has 0 unspecified atom stereocenters. The minimum absolute atomic E-state index is 0.104. The molecule has 1 aliphatic rings. The van der Waals surface area contributed by atoms with Crippen molar-refractivity contribution in [2.24, 2.45) is 0 Å². The summed E-state index contributed by atoms with van der Waals surface area (Å²) in [5.41, 5.74) is 1.10. The number of amides is 2. The summed E-state index contributed by atoms with van der Waals surface area (Å²) < 4.78 is 1.02. The molecule has 0 saturated carbocycles. The average Bonchev–Trinajstić information content (AvgIpc) is 2.79. The molecule has 0 spiro atoms. The summed E-state index contributed by atoms with van der Waals surface area (Å²) in [6.45, 7) is 5.42. The number of rotatable bonds is 4. The van der Waals surface area contributed by atoms with Crippen LogP contribution in [0.4, 0.5) is 0 Å². The van der Waals surface area contributed by atoms with Crippen LogP contribution >= 0.6 is 27.3 Å². The van der Waals surface area contributed by atoms with E-state index in [2.05, 4.69) is 21.2 Å². The smallest absolute Gasteiger partial charge is 0.263 e. The quantitative estimate of drug-likeness (QED) is 0.880. The van der Waals surface area contributed by atoms with E-state index in [1.165, 1.54) is 11.3 Å². The zero-order valence-electron chi connectivity index (χ0n) is 12.4. The lowest BCUT2D eigenvalue weighted by atomic mass is 10.0. The summed E-state index contributed by atoms with van der Waals surface area (Å²) in [6.07, 6.45) is 3.14. The van der Waals surface area contributed by atoms with Crippen molar-refractivity contribution >= 4 is 39.1 Å². The second-order valence-corrected chi connectivity index (χ2v) is 7.82. The molecule has 6 heteroatoms. The molecular formula is C15H21BrN2O2S. The van der Waals surface area contributed by atoms with E-state index >= 15 is 0 Å². The lowest BCUT2D eigenvalue weighted by Gasteiger charge is -2.32. The van der Waals surface area contributed by atoms with Crippen LogP contribution in [0.5, 0.6) is 0 Å². The second-order valence-electron chi connectivity index (χ2n) is 5.45. The maximum absolute atomic E-state index is 12.4. The number of hydrogen-bond acceptors (Lipinski definition) is 3. The monoisotopic (exact) mass is 372 g/mol. The number of carbonyl (C=O) groups excluding carboxylic acids is 2. The molecule has 1 fully saturated rings. The largest absolute Gasteiger partial charge is 0.353 e. The van der Waals surface area contributed by atoms with Crippen molar-refractivity contribution in [1.29, 1.82) is 0 Å². The first-order valence-electron chi connectivity index (χ1n) is 7.35. The number of carbonyl (C=O) groups is 2. The molecular weight excluding hydrogens is 352 g/mol. The van der Waals surface area contributed by atoms with Crippen molar-refractivity contribution in [3.63, 3.8) is 0 Å². The van der Waals surface area contributed by atoms with Gasteiger partial charge in [-0.3, -0.25) is 9.59 Å². The normalized spacial score (nSPS) is 16.0.